The molecule has 3 aromatic rings. The van der Waals surface area contributed by atoms with E-state index in [1.165, 1.54) is 12.1 Å². The molecule has 3 rings (SSSR count). The van der Waals surface area contributed by atoms with E-state index < -0.39 is 0 Å². The molecule has 142 valence electrons. The van der Waals surface area contributed by atoms with E-state index >= 15 is 0 Å². The van der Waals surface area contributed by atoms with Crippen LogP contribution in [0.5, 0.6) is 0 Å². The Labute approximate surface area is 163 Å². The van der Waals surface area contributed by atoms with Crippen molar-refractivity contribution in [1.29, 1.82) is 0 Å². The van der Waals surface area contributed by atoms with Crippen LogP contribution < -0.4 is 10.6 Å². The van der Waals surface area contributed by atoms with Gasteiger partial charge in [0.1, 0.15) is 5.82 Å². The minimum Gasteiger partial charge on any atom is -0.362 e. The molecule has 0 saturated carbocycles. The Hall–Kier alpha value is -2.74. The molecule has 8 heteroatoms. The van der Waals surface area contributed by atoms with Crippen LogP contribution in [0.1, 0.15) is 23.4 Å². The third kappa shape index (κ3) is 5.62. The zero-order chi connectivity index (χ0) is 19.2. The second-order valence-corrected chi connectivity index (χ2v) is 6.82. The number of nitrogens with one attached hydrogen (secondary N) is 2. The Morgan fingerprint density at radius 3 is 2.78 bits per heavy atom. The van der Waals surface area contributed by atoms with Gasteiger partial charge in [-0.1, -0.05) is 12.1 Å². The predicted molar refractivity (Wildman–Crippen MR) is 108 cm³/mol. The Bertz CT molecular complexity index is 917. The van der Waals surface area contributed by atoms with Gasteiger partial charge in [0.05, 0.1) is 12.2 Å². The minimum atomic E-state index is -0.246. The van der Waals surface area contributed by atoms with Gasteiger partial charge in [0.2, 0.25) is 0 Å². The summed E-state index contributed by atoms with van der Waals surface area (Å²) in [5.74, 6) is 0.409. The smallest absolute Gasteiger partial charge is 0.171 e. The second-order valence-electron chi connectivity index (χ2n) is 6.41. The van der Waals surface area contributed by atoms with Crippen LogP contribution in [-0.4, -0.2) is 31.2 Å². The van der Waals surface area contributed by atoms with Gasteiger partial charge in [-0.05, 0) is 56.2 Å². The summed E-state index contributed by atoms with van der Waals surface area (Å²) in [7, 11) is 0. The standard InChI is InChI=1S/C19H23FN6S/c1-14-11-15(2)26(23-14)9-4-8-21-19(27)22-18-7-10-25(24-18)13-16-5-3-6-17(20)12-16/h3,5-7,10-12H,4,8-9,13H2,1-2H3,(H2,21,22,24,27). The highest BCUT2D eigenvalue weighted by Gasteiger charge is 2.04. The summed E-state index contributed by atoms with van der Waals surface area (Å²) >= 11 is 5.31. The molecule has 1 aromatic carbocycles. The van der Waals surface area contributed by atoms with Crippen LogP contribution in [-0.2, 0) is 13.1 Å². The van der Waals surface area contributed by atoms with Crippen molar-refractivity contribution in [2.75, 3.05) is 11.9 Å². The van der Waals surface area contributed by atoms with Crippen molar-refractivity contribution in [2.45, 2.75) is 33.4 Å². The first-order valence-electron chi connectivity index (χ1n) is 8.83. The van der Waals surface area contributed by atoms with E-state index in [0.717, 1.165) is 36.5 Å². The number of thiocarbonyl (C=S) groups is 1. The summed E-state index contributed by atoms with van der Waals surface area (Å²) in [5, 5.41) is 15.6. The molecule has 0 aliphatic carbocycles. The van der Waals surface area contributed by atoms with E-state index in [1.54, 1.807) is 10.7 Å². The zero-order valence-electron chi connectivity index (χ0n) is 15.4. The number of aromatic nitrogens is 4. The summed E-state index contributed by atoms with van der Waals surface area (Å²) < 4.78 is 17.0. The van der Waals surface area contributed by atoms with E-state index in [4.69, 9.17) is 12.2 Å². The number of benzene rings is 1. The Balaban J connectivity index is 1.42. The SMILES string of the molecule is Cc1cc(C)n(CCCNC(=S)Nc2ccn(Cc3cccc(F)c3)n2)n1. The third-order valence-corrected chi connectivity index (χ3v) is 4.30. The molecule has 0 aliphatic heterocycles. The largest absolute Gasteiger partial charge is 0.362 e. The molecular weight excluding hydrogens is 363 g/mol. The second kappa shape index (κ2) is 8.77. The first-order chi connectivity index (χ1) is 13.0. The van der Waals surface area contributed by atoms with Crippen molar-refractivity contribution >= 4 is 23.1 Å². The fourth-order valence-electron chi connectivity index (χ4n) is 2.83. The molecule has 2 N–H and O–H groups in total. The Morgan fingerprint density at radius 1 is 1.19 bits per heavy atom. The summed E-state index contributed by atoms with van der Waals surface area (Å²) in [5.41, 5.74) is 3.05. The van der Waals surface area contributed by atoms with Crippen molar-refractivity contribution < 1.29 is 4.39 Å². The van der Waals surface area contributed by atoms with E-state index in [-0.39, 0.29) is 5.82 Å². The average molecular weight is 387 g/mol. The number of nitrogens with zero attached hydrogens (tertiary/aromatic N) is 4. The fraction of sp³-hybridized carbons (Fsp3) is 0.316. The lowest BCUT2D eigenvalue weighted by Crippen LogP contribution is -2.30. The molecule has 0 bridgehead atoms. The molecule has 0 amide bonds. The molecule has 0 aliphatic rings. The van der Waals surface area contributed by atoms with Crippen molar-refractivity contribution in [2.24, 2.45) is 0 Å². The molecule has 0 fully saturated rings. The molecule has 0 spiro atoms. The van der Waals surface area contributed by atoms with Crippen LogP contribution in [0.15, 0.2) is 42.6 Å². The number of rotatable bonds is 7. The van der Waals surface area contributed by atoms with E-state index in [2.05, 4.69) is 33.8 Å². The maximum Gasteiger partial charge on any atom is 0.171 e. The van der Waals surface area contributed by atoms with Gasteiger partial charge >= 0.3 is 0 Å². The molecule has 27 heavy (non-hydrogen) atoms. The summed E-state index contributed by atoms with van der Waals surface area (Å²) in [6, 6.07) is 10.4. The van der Waals surface area contributed by atoms with Crippen LogP contribution in [0.4, 0.5) is 10.2 Å². The predicted octanol–water partition coefficient (Wildman–Crippen LogP) is 3.26. The summed E-state index contributed by atoms with van der Waals surface area (Å²) in [6.07, 6.45) is 2.75. The van der Waals surface area contributed by atoms with Gasteiger partial charge in [-0.2, -0.15) is 10.2 Å². The van der Waals surface area contributed by atoms with Crippen LogP contribution in [0, 0.1) is 19.7 Å². The van der Waals surface area contributed by atoms with Gasteiger partial charge in [-0.3, -0.25) is 9.36 Å². The molecule has 2 aromatic heterocycles. The minimum absolute atomic E-state index is 0.246. The molecule has 0 radical (unpaired) electrons. The maximum atomic E-state index is 13.3. The lowest BCUT2D eigenvalue weighted by Gasteiger charge is -2.09. The maximum absolute atomic E-state index is 13.3. The normalized spacial score (nSPS) is 10.8. The highest BCUT2D eigenvalue weighted by molar-refractivity contribution is 7.80. The van der Waals surface area contributed by atoms with Crippen molar-refractivity contribution in [3.63, 3.8) is 0 Å². The van der Waals surface area contributed by atoms with Gasteiger partial charge in [0.25, 0.3) is 0 Å². The number of hydrogen-bond donors (Lipinski definition) is 2. The van der Waals surface area contributed by atoms with Gasteiger partial charge in [0.15, 0.2) is 10.9 Å². The van der Waals surface area contributed by atoms with Crippen LogP contribution in [0.25, 0.3) is 0 Å². The summed E-state index contributed by atoms with van der Waals surface area (Å²) in [4.78, 5) is 0. The van der Waals surface area contributed by atoms with Gasteiger partial charge in [0, 0.05) is 31.0 Å². The average Bonchev–Trinajstić information content (AvgIpc) is 3.17. The molecule has 2 heterocycles. The quantitative estimate of drug-likeness (QED) is 0.482. The van der Waals surface area contributed by atoms with Gasteiger partial charge in [-0.15, -0.1) is 0 Å². The van der Waals surface area contributed by atoms with E-state index in [9.17, 15) is 4.39 Å². The molecule has 0 atom stereocenters. The Kier molecular flexibility index (Phi) is 6.18. The van der Waals surface area contributed by atoms with E-state index in [0.29, 0.717) is 17.5 Å². The molecule has 0 saturated heterocycles. The fourth-order valence-corrected chi connectivity index (χ4v) is 3.04. The molecular formula is C19H23FN6S. The van der Waals surface area contributed by atoms with Crippen LogP contribution >= 0.6 is 12.2 Å². The molecule has 6 nitrogen and oxygen atoms in total. The third-order valence-electron chi connectivity index (χ3n) is 4.05. The number of aryl methyl sites for hydroxylation is 3. The van der Waals surface area contributed by atoms with E-state index in [1.807, 2.05) is 29.9 Å². The number of halogens is 1. The van der Waals surface area contributed by atoms with Crippen molar-refractivity contribution in [3.8, 4) is 0 Å². The monoisotopic (exact) mass is 386 g/mol. The Morgan fingerprint density at radius 2 is 2.04 bits per heavy atom. The van der Waals surface area contributed by atoms with Crippen LogP contribution in [0.2, 0.25) is 0 Å². The first-order valence-corrected chi connectivity index (χ1v) is 9.24. The van der Waals surface area contributed by atoms with Crippen molar-refractivity contribution in [3.05, 3.63) is 65.4 Å². The lowest BCUT2D eigenvalue weighted by atomic mass is 10.2. The first kappa shape index (κ1) is 19.0. The highest BCUT2D eigenvalue weighted by atomic mass is 32.1. The topological polar surface area (TPSA) is 59.7 Å². The number of hydrogen-bond acceptors (Lipinski definition) is 3. The number of anilines is 1. The van der Waals surface area contributed by atoms with Gasteiger partial charge < -0.3 is 10.6 Å². The highest BCUT2D eigenvalue weighted by Crippen LogP contribution is 2.08. The van der Waals surface area contributed by atoms with Crippen molar-refractivity contribution in [1.82, 2.24) is 24.9 Å². The summed E-state index contributed by atoms with van der Waals surface area (Å²) in [6.45, 7) is 6.14. The zero-order valence-corrected chi connectivity index (χ0v) is 16.3. The van der Waals surface area contributed by atoms with Gasteiger partial charge in [-0.25, -0.2) is 4.39 Å². The lowest BCUT2D eigenvalue weighted by molar-refractivity contribution is 0.558. The molecule has 0 unspecified atom stereocenters. The van der Waals surface area contributed by atoms with Crippen LogP contribution in [0.3, 0.4) is 0 Å².